The number of carbonyl (C=O) groups excluding carboxylic acids is 1. The Hall–Kier alpha value is -2.06. The number of aryl methyl sites for hydroxylation is 2. The minimum atomic E-state index is -0.0732. The topological polar surface area (TPSA) is 71.0 Å². The molecule has 1 fully saturated rings. The zero-order chi connectivity index (χ0) is 19.1. The molecule has 1 atom stereocenters. The first kappa shape index (κ1) is 18.0. The van der Waals surface area contributed by atoms with E-state index >= 15 is 0 Å². The molecule has 144 valence electrons. The van der Waals surface area contributed by atoms with E-state index < -0.39 is 0 Å². The number of rotatable bonds is 3. The second-order valence-corrected chi connectivity index (χ2v) is 9.37. The highest BCUT2D eigenvalue weighted by atomic mass is 79.9. The molecule has 1 aliphatic heterocycles. The monoisotopic (exact) mass is 457 g/mol. The Labute approximate surface area is 175 Å². The normalized spacial score (nSPS) is 19.0. The summed E-state index contributed by atoms with van der Waals surface area (Å²) in [6, 6.07) is 3.69. The maximum atomic E-state index is 12.8. The largest absolute Gasteiger partial charge is 0.355 e. The Morgan fingerprint density at radius 1 is 1.21 bits per heavy atom. The first-order valence-corrected chi connectivity index (χ1v) is 11.2. The van der Waals surface area contributed by atoms with Crippen molar-refractivity contribution in [3.63, 3.8) is 0 Å². The summed E-state index contributed by atoms with van der Waals surface area (Å²) in [7, 11) is 0. The highest BCUT2D eigenvalue weighted by Crippen LogP contribution is 2.40. The molecule has 0 saturated carbocycles. The van der Waals surface area contributed by atoms with Crippen LogP contribution in [0.15, 0.2) is 29.1 Å². The number of anilines is 2. The van der Waals surface area contributed by atoms with Crippen LogP contribution in [0, 0.1) is 5.92 Å². The number of hydrogen-bond acceptors (Lipinski definition) is 6. The summed E-state index contributed by atoms with van der Waals surface area (Å²) in [5.74, 6) is 1.55. The van der Waals surface area contributed by atoms with Crippen LogP contribution in [0.5, 0.6) is 0 Å². The van der Waals surface area contributed by atoms with E-state index in [0.717, 1.165) is 47.3 Å². The third-order valence-electron chi connectivity index (χ3n) is 5.55. The zero-order valence-corrected chi connectivity index (χ0v) is 17.7. The van der Waals surface area contributed by atoms with Gasteiger partial charge in [0.1, 0.15) is 22.8 Å². The molecule has 28 heavy (non-hydrogen) atoms. The van der Waals surface area contributed by atoms with Gasteiger partial charge in [0.2, 0.25) is 5.91 Å². The van der Waals surface area contributed by atoms with Crippen LogP contribution in [0.1, 0.15) is 29.7 Å². The van der Waals surface area contributed by atoms with Crippen molar-refractivity contribution in [3.05, 3.63) is 39.6 Å². The number of amides is 1. The molecule has 4 heterocycles. The molecule has 0 radical (unpaired) electrons. The van der Waals surface area contributed by atoms with Crippen molar-refractivity contribution in [1.82, 2.24) is 15.0 Å². The molecule has 0 spiro atoms. The fraction of sp³-hybridized carbons (Fsp3) is 0.400. The lowest BCUT2D eigenvalue weighted by molar-refractivity contribution is -0.120. The van der Waals surface area contributed by atoms with Crippen molar-refractivity contribution in [2.24, 2.45) is 5.92 Å². The van der Waals surface area contributed by atoms with Gasteiger partial charge in [0.15, 0.2) is 0 Å². The molecule has 1 N–H and O–H groups in total. The van der Waals surface area contributed by atoms with Crippen molar-refractivity contribution in [2.75, 3.05) is 23.3 Å². The third kappa shape index (κ3) is 3.28. The van der Waals surface area contributed by atoms with Crippen LogP contribution in [0.4, 0.5) is 11.6 Å². The van der Waals surface area contributed by atoms with Gasteiger partial charge in [-0.3, -0.25) is 4.79 Å². The number of pyridine rings is 1. The van der Waals surface area contributed by atoms with E-state index in [-0.39, 0.29) is 11.8 Å². The van der Waals surface area contributed by atoms with Gasteiger partial charge < -0.3 is 10.2 Å². The van der Waals surface area contributed by atoms with E-state index in [9.17, 15) is 4.79 Å². The average molecular weight is 458 g/mol. The predicted molar refractivity (Wildman–Crippen MR) is 115 cm³/mol. The number of nitrogens with zero attached hydrogens (tertiary/aromatic N) is 4. The average Bonchev–Trinajstić information content (AvgIpc) is 3.31. The Morgan fingerprint density at radius 2 is 2.14 bits per heavy atom. The molecule has 1 saturated heterocycles. The van der Waals surface area contributed by atoms with Crippen molar-refractivity contribution >= 4 is 55.0 Å². The second-order valence-electron chi connectivity index (χ2n) is 7.37. The van der Waals surface area contributed by atoms with Crippen LogP contribution >= 0.6 is 27.3 Å². The smallest absolute Gasteiger partial charge is 0.230 e. The van der Waals surface area contributed by atoms with Gasteiger partial charge in [-0.25, -0.2) is 15.0 Å². The number of nitrogens with one attached hydrogen (secondary N) is 1. The number of aromatic nitrogens is 3. The van der Waals surface area contributed by atoms with Crippen LogP contribution in [0.25, 0.3) is 10.2 Å². The molecule has 0 aromatic carbocycles. The summed E-state index contributed by atoms with van der Waals surface area (Å²) < 4.78 is 0.894. The van der Waals surface area contributed by atoms with E-state index in [1.807, 2.05) is 12.1 Å². The van der Waals surface area contributed by atoms with Gasteiger partial charge in [-0.15, -0.1) is 11.3 Å². The van der Waals surface area contributed by atoms with Crippen LogP contribution in [0.3, 0.4) is 0 Å². The Kier molecular flexibility index (Phi) is 4.76. The predicted octanol–water partition coefficient (Wildman–Crippen LogP) is 4.19. The number of thiophene rings is 1. The molecule has 3 aromatic rings. The Morgan fingerprint density at radius 3 is 3.00 bits per heavy atom. The van der Waals surface area contributed by atoms with E-state index in [4.69, 9.17) is 0 Å². The lowest BCUT2D eigenvalue weighted by Gasteiger charge is -2.33. The lowest BCUT2D eigenvalue weighted by atomic mass is 9.96. The van der Waals surface area contributed by atoms with Crippen molar-refractivity contribution in [3.8, 4) is 0 Å². The van der Waals surface area contributed by atoms with Crippen molar-refractivity contribution < 1.29 is 4.79 Å². The summed E-state index contributed by atoms with van der Waals surface area (Å²) in [6.07, 6.45) is 8.70. The highest BCUT2D eigenvalue weighted by Gasteiger charge is 2.30. The van der Waals surface area contributed by atoms with Gasteiger partial charge in [-0.05, 0) is 65.7 Å². The summed E-state index contributed by atoms with van der Waals surface area (Å²) >= 11 is 5.17. The van der Waals surface area contributed by atoms with Crippen LogP contribution in [0.2, 0.25) is 0 Å². The molecule has 0 bridgehead atoms. The van der Waals surface area contributed by atoms with Crippen LogP contribution in [-0.2, 0) is 17.6 Å². The van der Waals surface area contributed by atoms with E-state index in [1.54, 1.807) is 23.9 Å². The van der Waals surface area contributed by atoms with Gasteiger partial charge in [0.25, 0.3) is 0 Å². The summed E-state index contributed by atoms with van der Waals surface area (Å²) in [5, 5.41) is 4.17. The maximum Gasteiger partial charge on any atom is 0.230 e. The first-order valence-electron chi connectivity index (χ1n) is 9.61. The Bertz CT molecular complexity index is 1040. The number of halogens is 1. The minimum Gasteiger partial charge on any atom is -0.355 e. The van der Waals surface area contributed by atoms with Crippen LogP contribution < -0.4 is 10.2 Å². The van der Waals surface area contributed by atoms with Gasteiger partial charge >= 0.3 is 0 Å². The number of carbonyl (C=O) groups is 1. The maximum absolute atomic E-state index is 12.8. The number of hydrogen-bond donors (Lipinski definition) is 1. The number of fused-ring (bicyclic) bond motifs is 3. The van der Waals surface area contributed by atoms with Gasteiger partial charge in [-0.1, -0.05) is 0 Å². The molecule has 0 unspecified atom stereocenters. The molecule has 3 aromatic heterocycles. The number of piperidine rings is 1. The van der Waals surface area contributed by atoms with E-state index in [0.29, 0.717) is 12.4 Å². The fourth-order valence-electron chi connectivity index (χ4n) is 4.21. The standard InChI is InChI=1S/C20H20BrN5OS/c21-13-6-7-16(22-9-13)25-19(27)12-3-2-8-26(10-12)18-17-14-4-1-5-15(14)28-20(17)24-11-23-18/h6-7,9,11-12H,1-5,8,10H2,(H,22,25,27)/t12-/m0/s1. The van der Waals surface area contributed by atoms with E-state index in [2.05, 4.69) is 41.1 Å². The summed E-state index contributed by atoms with van der Waals surface area (Å²) in [6.45, 7) is 1.61. The Balaban J connectivity index is 1.38. The molecule has 2 aliphatic rings. The van der Waals surface area contributed by atoms with E-state index in [1.165, 1.54) is 22.2 Å². The van der Waals surface area contributed by atoms with Gasteiger partial charge in [-0.2, -0.15) is 0 Å². The second kappa shape index (κ2) is 7.40. The molecule has 5 rings (SSSR count). The first-order chi connectivity index (χ1) is 13.7. The fourth-order valence-corrected chi connectivity index (χ4v) is 5.67. The SMILES string of the molecule is O=C(Nc1ccc(Br)cn1)[C@H]1CCCN(c2ncnc3sc4c(c23)CCC4)C1. The quantitative estimate of drug-likeness (QED) is 0.638. The molecule has 6 nitrogen and oxygen atoms in total. The van der Waals surface area contributed by atoms with Gasteiger partial charge in [0.05, 0.1) is 11.3 Å². The van der Waals surface area contributed by atoms with Crippen molar-refractivity contribution in [1.29, 1.82) is 0 Å². The molecule has 1 aliphatic carbocycles. The van der Waals surface area contributed by atoms with Gasteiger partial charge in [0, 0.05) is 28.6 Å². The minimum absolute atomic E-state index is 0.0281. The molecular weight excluding hydrogens is 438 g/mol. The van der Waals surface area contributed by atoms with Crippen LogP contribution in [-0.4, -0.2) is 33.9 Å². The molecular formula is C20H20BrN5OS. The molecule has 1 amide bonds. The highest BCUT2D eigenvalue weighted by molar-refractivity contribution is 9.10. The molecule has 8 heteroatoms. The lowest BCUT2D eigenvalue weighted by Crippen LogP contribution is -2.41. The summed E-state index contributed by atoms with van der Waals surface area (Å²) in [5.41, 5.74) is 1.43. The zero-order valence-electron chi connectivity index (χ0n) is 15.3. The summed E-state index contributed by atoms with van der Waals surface area (Å²) in [4.78, 5) is 31.0. The van der Waals surface area contributed by atoms with Crippen molar-refractivity contribution in [2.45, 2.75) is 32.1 Å². The third-order valence-corrected chi connectivity index (χ3v) is 7.22.